The molecule has 0 radical (unpaired) electrons. The summed E-state index contributed by atoms with van der Waals surface area (Å²) in [6.45, 7) is 3.91. The largest absolute Gasteiger partial charge is 0.313 e. The van der Waals surface area contributed by atoms with Gasteiger partial charge in [-0.3, -0.25) is 0 Å². The molecule has 1 aromatic carbocycles. The van der Waals surface area contributed by atoms with Crippen LogP contribution in [0.4, 0.5) is 0 Å². The van der Waals surface area contributed by atoms with E-state index >= 15 is 0 Å². The van der Waals surface area contributed by atoms with E-state index in [-0.39, 0.29) is 4.90 Å². The van der Waals surface area contributed by atoms with Crippen LogP contribution in [0.15, 0.2) is 34.7 Å². The van der Waals surface area contributed by atoms with E-state index in [1.807, 2.05) is 6.07 Å². The van der Waals surface area contributed by atoms with Gasteiger partial charge in [0.15, 0.2) is 0 Å². The van der Waals surface area contributed by atoms with Gasteiger partial charge in [-0.2, -0.15) is 5.26 Å². The quantitative estimate of drug-likeness (QED) is 0.807. The van der Waals surface area contributed by atoms with E-state index in [0.29, 0.717) is 17.7 Å². The normalized spacial score (nSPS) is 15.3. The Balaban J connectivity index is 2.05. The number of aryl methyl sites for hydroxylation is 1. The molecule has 0 bridgehead atoms. The van der Waals surface area contributed by atoms with Crippen molar-refractivity contribution in [3.63, 3.8) is 0 Å². The second-order valence-electron chi connectivity index (χ2n) is 5.06. The summed E-state index contributed by atoms with van der Waals surface area (Å²) in [6, 6.07) is 6.66. The number of benzene rings is 1. The van der Waals surface area contributed by atoms with E-state index in [1.54, 1.807) is 19.1 Å². The summed E-state index contributed by atoms with van der Waals surface area (Å²) < 4.78 is 27.2. The Kier molecular flexibility index (Phi) is 5.12. The fourth-order valence-electron chi connectivity index (χ4n) is 2.28. The topological polar surface area (TPSA) is 82.0 Å². The maximum absolute atomic E-state index is 12.3. The zero-order valence-corrected chi connectivity index (χ0v) is 12.8. The minimum Gasteiger partial charge on any atom is -0.313 e. The van der Waals surface area contributed by atoms with Crippen LogP contribution in [0.25, 0.3) is 0 Å². The lowest BCUT2D eigenvalue weighted by Crippen LogP contribution is -2.27. The molecular formula is C15H19N3O2S. The van der Waals surface area contributed by atoms with Gasteiger partial charge in [0.1, 0.15) is 0 Å². The fraction of sp³-hybridized carbons (Fsp3) is 0.400. The molecule has 0 spiro atoms. The number of hydrogen-bond donors (Lipinski definition) is 2. The summed E-state index contributed by atoms with van der Waals surface area (Å²) in [7, 11) is -3.57. The van der Waals surface area contributed by atoms with Crippen molar-refractivity contribution < 1.29 is 8.42 Å². The molecule has 2 N–H and O–H groups in total. The first-order chi connectivity index (χ1) is 10.0. The van der Waals surface area contributed by atoms with E-state index in [0.717, 1.165) is 25.9 Å². The molecule has 0 atom stereocenters. The van der Waals surface area contributed by atoms with E-state index in [4.69, 9.17) is 5.26 Å². The molecule has 112 valence electrons. The molecule has 1 aromatic rings. The number of nitrogens with zero attached hydrogens (tertiary/aromatic N) is 1. The van der Waals surface area contributed by atoms with Crippen molar-refractivity contribution in [2.45, 2.75) is 24.7 Å². The van der Waals surface area contributed by atoms with Gasteiger partial charge in [0, 0.05) is 13.1 Å². The van der Waals surface area contributed by atoms with Crippen LogP contribution in [-0.4, -0.2) is 28.1 Å². The van der Waals surface area contributed by atoms with Gasteiger partial charge in [0.05, 0.1) is 16.5 Å². The van der Waals surface area contributed by atoms with Gasteiger partial charge < -0.3 is 5.32 Å². The standard InChI is InChI=1S/C15H19N3O2S/c1-12-2-3-14(11-16)10-15(12)21(19,20)18-9-6-13-4-7-17-8-5-13/h2-4,10,17-18H,5-9H2,1H3. The molecular weight excluding hydrogens is 286 g/mol. The molecule has 0 aromatic heterocycles. The average molecular weight is 305 g/mol. The SMILES string of the molecule is Cc1ccc(C#N)cc1S(=O)(=O)NCCC1=CCNCC1. The highest BCUT2D eigenvalue weighted by Gasteiger charge is 2.17. The second-order valence-corrected chi connectivity index (χ2v) is 6.79. The van der Waals surface area contributed by atoms with E-state index in [2.05, 4.69) is 16.1 Å². The molecule has 1 heterocycles. The fourth-order valence-corrected chi connectivity index (χ4v) is 3.58. The number of rotatable bonds is 5. The number of sulfonamides is 1. The highest BCUT2D eigenvalue weighted by Crippen LogP contribution is 2.17. The van der Waals surface area contributed by atoms with Crippen LogP contribution in [0.5, 0.6) is 0 Å². The van der Waals surface area contributed by atoms with Crippen LogP contribution < -0.4 is 10.0 Å². The van der Waals surface area contributed by atoms with Crippen molar-refractivity contribution in [3.8, 4) is 6.07 Å². The summed E-state index contributed by atoms with van der Waals surface area (Å²) >= 11 is 0. The van der Waals surface area contributed by atoms with Crippen molar-refractivity contribution in [2.75, 3.05) is 19.6 Å². The molecule has 0 saturated heterocycles. The molecule has 0 saturated carbocycles. The predicted octanol–water partition coefficient (Wildman–Crippen LogP) is 1.45. The summed E-state index contributed by atoms with van der Waals surface area (Å²) in [5.41, 5.74) is 2.27. The Morgan fingerprint density at radius 1 is 1.43 bits per heavy atom. The zero-order valence-electron chi connectivity index (χ0n) is 12.0. The highest BCUT2D eigenvalue weighted by atomic mass is 32.2. The van der Waals surface area contributed by atoms with Gasteiger partial charge >= 0.3 is 0 Å². The molecule has 0 aliphatic carbocycles. The van der Waals surface area contributed by atoms with Crippen LogP contribution in [-0.2, 0) is 10.0 Å². The summed E-state index contributed by atoms with van der Waals surface area (Å²) in [4.78, 5) is 0.181. The van der Waals surface area contributed by atoms with E-state index in [9.17, 15) is 8.42 Å². The van der Waals surface area contributed by atoms with Gasteiger partial charge in [0.2, 0.25) is 10.0 Å². The summed E-state index contributed by atoms with van der Waals surface area (Å²) in [5, 5.41) is 12.1. The smallest absolute Gasteiger partial charge is 0.240 e. The van der Waals surface area contributed by atoms with Gasteiger partial charge in [-0.15, -0.1) is 0 Å². The molecule has 2 rings (SSSR count). The minimum absolute atomic E-state index is 0.181. The van der Waals surface area contributed by atoms with Crippen LogP contribution >= 0.6 is 0 Å². The van der Waals surface area contributed by atoms with E-state index in [1.165, 1.54) is 11.6 Å². The number of nitrogens with one attached hydrogen (secondary N) is 2. The predicted molar refractivity (Wildman–Crippen MR) is 81.3 cm³/mol. The summed E-state index contributed by atoms with van der Waals surface area (Å²) in [5.74, 6) is 0. The second kappa shape index (κ2) is 6.85. The first kappa shape index (κ1) is 15.7. The molecule has 5 nitrogen and oxygen atoms in total. The van der Waals surface area contributed by atoms with Crippen molar-refractivity contribution in [1.82, 2.24) is 10.0 Å². The van der Waals surface area contributed by atoms with Crippen molar-refractivity contribution >= 4 is 10.0 Å². The third-order valence-electron chi connectivity index (χ3n) is 3.50. The maximum atomic E-state index is 12.3. The molecule has 1 aliphatic rings. The molecule has 6 heteroatoms. The Morgan fingerprint density at radius 3 is 2.90 bits per heavy atom. The first-order valence-electron chi connectivity index (χ1n) is 6.92. The van der Waals surface area contributed by atoms with Crippen molar-refractivity contribution in [1.29, 1.82) is 5.26 Å². The Labute approximate surface area is 125 Å². The van der Waals surface area contributed by atoms with E-state index < -0.39 is 10.0 Å². The van der Waals surface area contributed by atoms with Crippen molar-refractivity contribution in [3.05, 3.63) is 41.0 Å². The van der Waals surface area contributed by atoms with Crippen LogP contribution in [0.3, 0.4) is 0 Å². The highest BCUT2D eigenvalue weighted by molar-refractivity contribution is 7.89. The molecule has 0 amide bonds. The van der Waals surface area contributed by atoms with Crippen molar-refractivity contribution in [2.24, 2.45) is 0 Å². The van der Waals surface area contributed by atoms with Gasteiger partial charge in [-0.05, 0) is 44.0 Å². The van der Waals surface area contributed by atoms with Gasteiger partial charge in [-0.1, -0.05) is 17.7 Å². The van der Waals surface area contributed by atoms with Crippen LogP contribution in [0.1, 0.15) is 24.0 Å². The molecule has 1 aliphatic heterocycles. The Hall–Kier alpha value is -1.68. The number of nitriles is 1. The minimum atomic E-state index is -3.57. The molecule has 0 fully saturated rings. The lowest BCUT2D eigenvalue weighted by molar-refractivity contribution is 0.579. The molecule has 21 heavy (non-hydrogen) atoms. The summed E-state index contributed by atoms with van der Waals surface area (Å²) in [6.07, 6.45) is 3.79. The Morgan fingerprint density at radius 2 is 2.24 bits per heavy atom. The van der Waals surface area contributed by atoms with Crippen LogP contribution in [0, 0.1) is 18.3 Å². The van der Waals surface area contributed by atoms with Gasteiger partial charge in [-0.25, -0.2) is 13.1 Å². The lowest BCUT2D eigenvalue weighted by atomic mass is 10.1. The zero-order chi connectivity index (χ0) is 15.3. The van der Waals surface area contributed by atoms with Crippen LogP contribution in [0.2, 0.25) is 0 Å². The maximum Gasteiger partial charge on any atom is 0.240 e. The van der Waals surface area contributed by atoms with Gasteiger partial charge in [0.25, 0.3) is 0 Å². The monoisotopic (exact) mass is 305 g/mol. The third-order valence-corrected chi connectivity index (χ3v) is 5.11. The lowest BCUT2D eigenvalue weighted by Gasteiger charge is -2.14. The average Bonchev–Trinajstić information content (AvgIpc) is 2.48. The third kappa shape index (κ3) is 4.14. The number of hydrogen-bond acceptors (Lipinski definition) is 4. The molecule has 0 unspecified atom stereocenters. The Bertz CT molecular complexity index is 687. The first-order valence-corrected chi connectivity index (χ1v) is 8.40.